The van der Waals surface area contributed by atoms with Gasteiger partial charge in [0, 0.05) is 30.5 Å². The lowest BCUT2D eigenvalue weighted by Gasteiger charge is -2.16. The third kappa shape index (κ3) is 4.44. The molecule has 0 aromatic heterocycles. The van der Waals surface area contributed by atoms with Gasteiger partial charge in [-0.05, 0) is 24.5 Å². The zero-order valence-electron chi connectivity index (χ0n) is 10.8. The molecule has 0 saturated heterocycles. The third-order valence-corrected chi connectivity index (χ3v) is 3.01. The average Bonchev–Trinajstić information content (AvgIpc) is 2.42. The van der Waals surface area contributed by atoms with Crippen LogP contribution in [-0.2, 0) is 0 Å². The molecule has 3 nitrogen and oxygen atoms in total. The fourth-order valence-corrected chi connectivity index (χ4v) is 1.89. The predicted octanol–water partition coefficient (Wildman–Crippen LogP) is 1.43. The first-order valence-corrected chi connectivity index (χ1v) is 7.12. The van der Waals surface area contributed by atoms with Crippen LogP contribution in [0.5, 0.6) is 0 Å². The van der Waals surface area contributed by atoms with Gasteiger partial charge in [0.1, 0.15) is 0 Å². The van der Waals surface area contributed by atoms with E-state index in [2.05, 4.69) is 11.8 Å². The molecule has 1 amide bonds. The molecule has 96 valence electrons. The summed E-state index contributed by atoms with van der Waals surface area (Å²) >= 11 is 1.73. The Morgan fingerprint density at radius 1 is 1.50 bits per heavy atom. The Morgan fingerprint density at radius 3 is 2.94 bits per heavy atom. The van der Waals surface area contributed by atoms with Gasteiger partial charge in [-0.1, -0.05) is 17.9 Å². The molecule has 0 atom stereocenters. The first kappa shape index (κ1) is 14.6. The molecule has 0 heterocycles. The maximum atomic E-state index is 12.1. The minimum Gasteiger partial charge on any atom is -0.341 e. The molecule has 2 N–H and O–H groups in total. The molecule has 0 fully saturated rings. The summed E-state index contributed by atoms with van der Waals surface area (Å²) in [5.41, 5.74) is 6.82. The van der Waals surface area contributed by atoms with E-state index >= 15 is 0 Å². The lowest BCUT2D eigenvalue weighted by atomic mass is 10.1. The lowest BCUT2D eigenvalue weighted by Crippen LogP contribution is -2.28. The number of hydrogen-bond donors (Lipinski definition) is 1. The zero-order valence-corrected chi connectivity index (χ0v) is 11.6. The number of nitrogens with zero attached hydrogens (tertiary/aromatic N) is 1. The van der Waals surface area contributed by atoms with Gasteiger partial charge in [0.05, 0.1) is 6.54 Å². The number of carbonyl (C=O) groups is 1. The second-order valence-corrected chi connectivity index (χ2v) is 4.79. The number of benzene rings is 1. The van der Waals surface area contributed by atoms with Crippen LogP contribution in [0.3, 0.4) is 0 Å². The normalized spacial score (nSPS) is 9.50. The van der Waals surface area contributed by atoms with Crippen LogP contribution in [0.2, 0.25) is 0 Å². The molecule has 0 saturated carbocycles. The van der Waals surface area contributed by atoms with Crippen LogP contribution < -0.4 is 5.73 Å². The van der Waals surface area contributed by atoms with Crippen molar-refractivity contribution in [2.24, 2.45) is 5.73 Å². The SMILES string of the molecule is CSCCN(C)C(=O)c1cccc(C#CCN)c1. The van der Waals surface area contributed by atoms with Crippen LogP contribution >= 0.6 is 11.8 Å². The van der Waals surface area contributed by atoms with Gasteiger partial charge in [-0.15, -0.1) is 0 Å². The first-order chi connectivity index (χ1) is 8.69. The monoisotopic (exact) mass is 262 g/mol. The highest BCUT2D eigenvalue weighted by Crippen LogP contribution is 2.07. The van der Waals surface area contributed by atoms with Crippen LogP contribution in [0.4, 0.5) is 0 Å². The van der Waals surface area contributed by atoms with Crippen molar-refractivity contribution >= 4 is 17.7 Å². The van der Waals surface area contributed by atoms with E-state index in [-0.39, 0.29) is 5.91 Å². The van der Waals surface area contributed by atoms with E-state index in [1.807, 2.05) is 31.5 Å². The standard InChI is InChI=1S/C14H18N2OS/c1-16(9-10-18-2)14(17)13-7-3-5-12(11-13)6-4-8-15/h3,5,7,11H,8-10,15H2,1-2H3. The maximum absolute atomic E-state index is 12.1. The summed E-state index contributed by atoms with van der Waals surface area (Å²) in [5, 5.41) is 0. The third-order valence-electron chi connectivity index (χ3n) is 2.42. The molecule has 0 bridgehead atoms. The van der Waals surface area contributed by atoms with E-state index in [1.165, 1.54) is 0 Å². The van der Waals surface area contributed by atoms with Crippen molar-refractivity contribution in [1.82, 2.24) is 4.90 Å². The van der Waals surface area contributed by atoms with E-state index in [4.69, 9.17) is 5.73 Å². The average molecular weight is 262 g/mol. The van der Waals surface area contributed by atoms with Crippen LogP contribution in [0.15, 0.2) is 24.3 Å². The molecular weight excluding hydrogens is 244 g/mol. The second kappa shape index (κ2) is 7.80. The van der Waals surface area contributed by atoms with Crippen LogP contribution in [-0.4, -0.2) is 43.0 Å². The number of thioether (sulfide) groups is 1. The molecule has 1 aromatic carbocycles. The van der Waals surface area contributed by atoms with E-state index in [0.29, 0.717) is 12.1 Å². The zero-order chi connectivity index (χ0) is 13.4. The first-order valence-electron chi connectivity index (χ1n) is 5.72. The number of rotatable bonds is 4. The van der Waals surface area contributed by atoms with Crippen LogP contribution in [0.25, 0.3) is 0 Å². The Balaban J connectivity index is 2.79. The topological polar surface area (TPSA) is 46.3 Å². The molecule has 0 radical (unpaired) electrons. The lowest BCUT2D eigenvalue weighted by molar-refractivity contribution is 0.0803. The quantitative estimate of drug-likeness (QED) is 0.835. The molecule has 4 heteroatoms. The predicted molar refractivity (Wildman–Crippen MR) is 77.7 cm³/mol. The highest BCUT2D eigenvalue weighted by molar-refractivity contribution is 7.98. The number of nitrogens with two attached hydrogens (primary N) is 1. The van der Waals surface area contributed by atoms with Crippen molar-refractivity contribution < 1.29 is 4.79 Å². The molecule has 0 aliphatic heterocycles. The van der Waals surface area contributed by atoms with Crippen LogP contribution in [0.1, 0.15) is 15.9 Å². The van der Waals surface area contributed by atoms with Crippen molar-refractivity contribution in [1.29, 1.82) is 0 Å². The van der Waals surface area contributed by atoms with Crippen molar-refractivity contribution in [2.45, 2.75) is 0 Å². The second-order valence-electron chi connectivity index (χ2n) is 3.81. The Labute approximate surface area is 113 Å². The Morgan fingerprint density at radius 2 is 2.28 bits per heavy atom. The minimum atomic E-state index is 0.0282. The molecule has 0 aliphatic carbocycles. The minimum absolute atomic E-state index is 0.0282. The summed E-state index contributed by atoms with van der Waals surface area (Å²) in [4.78, 5) is 13.8. The largest absolute Gasteiger partial charge is 0.341 e. The molecule has 0 unspecified atom stereocenters. The van der Waals surface area contributed by atoms with Crippen LogP contribution in [0, 0.1) is 11.8 Å². The molecule has 0 spiro atoms. The fourth-order valence-electron chi connectivity index (χ4n) is 1.43. The van der Waals surface area contributed by atoms with E-state index < -0.39 is 0 Å². The smallest absolute Gasteiger partial charge is 0.253 e. The van der Waals surface area contributed by atoms with Crippen molar-refractivity contribution in [3.63, 3.8) is 0 Å². The Hall–Kier alpha value is -1.44. The van der Waals surface area contributed by atoms with Gasteiger partial charge in [-0.2, -0.15) is 11.8 Å². The Bertz CT molecular complexity index is 462. The van der Waals surface area contributed by atoms with Gasteiger partial charge in [0.15, 0.2) is 0 Å². The summed E-state index contributed by atoms with van der Waals surface area (Å²) in [6.07, 6.45) is 2.03. The summed E-state index contributed by atoms with van der Waals surface area (Å²) in [7, 11) is 1.82. The molecular formula is C14H18N2OS. The van der Waals surface area contributed by atoms with Gasteiger partial charge in [-0.3, -0.25) is 4.79 Å². The summed E-state index contributed by atoms with van der Waals surface area (Å²) in [6.45, 7) is 1.07. The van der Waals surface area contributed by atoms with Gasteiger partial charge < -0.3 is 10.6 Å². The Kier molecular flexibility index (Phi) is 6.34. The van der Waals surface area contributed by atoms with Gasteiger partial charge in [0.2, 0.25) is 0 Å². The summed E-state index contributed by atoms with van der Waals surface area (Å²) in [6, 6.07) is 7.34. The fraction of sp³-hybridized carbons (Fsp3) is 0.357. The maximum Gasteiger partial charge on any atom is 0.253 e. The van der Waals surface area contributed by atoms with E-state index in [9.17, 15) is 4.79 Å². The molecule has 1 rings (SSSR count). The summed E-state index contributed by atoms with van der Waals surface area (Å²) in [5.74, 6) is 6.68. The van der Waals surface area contributed by atoms with Gasteiger partial charge >= 0.3 is 0 Å². The number of amides is 1. The molecule has 18 heavy (non-hydrogen) atoms. The van der Waals surface area contributed by atoms with Gasteiger partial charge in [-0.25, -0.2) is 0 Å². The molecule has 1 aromatic rings. The van der Waals surface area contributed by atoms with E-state index in [1.54, 1.807) is 22.7 Å². The summed E-state index contributed by atoms with van der Waals surface area (Å²) < 4.78 is 0. The van der Waals surface area contributed by atoms with Crippen molar-refractivity contribution in [3.05, 3.63) is 35.4 Å². The highest BCUT2D eigenvalue weighted by Gasteiger charge is 2.10. The number of hydrogen-bond acceptors (Lipinski definition) is 3. The van der Waals surface area contributed by atoms with Crippen molar-refractivity contribution in [3.8, 4) is 11.8 Å². The van der Waals surface area contributed by atoms with Gasteiger partial charge in [0.25, 0.3) is 5.91 Å². The number of carbonyl (C=O) groups excluding carboxylic acids is 1. The van der Waals surface area contributed by atoms with Crippen molar-refractivity contribution in [2.75, 3.05) is 32.1 Å². The highest BCUT2D eigenvalue weighted by atomic mass is 32.2. The van der Waals surface area contributed by atoms with E-state index in [0.717, 1.165) is 17.9 Å². The molecule has 0 aliphatic rings.